The number of aryl methyl sites for hydroxylation is 3. The molecule has 1 aromatic carbocycles. The zero-order chi connectivity index (χ0) is 11.7. The Morgan fingerprint density at radius 2 is 1.88 bits per heavy atom. The van der Waals surface area contributed by atoms with Crippen molar-refractivity contribution in [3.63, 3.8) is 0 Å². The highest BCUT2D eigenvalue weighted by molar-refractivity contribution is 5.85. The highest BCUT2D eigenvalue weighted by atomic mass is 16.3. The van der Waals surface area contributed by atoms with Crippen LogP contribution in [-0.4, -0.2) is 16.3 Å². The molecule has 0 atom stereocenters. The van der Waals surface area contributed by atoms with Crippen LogP contribution in [0, 0.1) is 13.8 Å². The molecule has 0 spiro atoms. The summed E-state index contributed by atoms with van der Waals surface area (Å²) < 4.78 is 2.15. The molecule has 1 heterocycles. The minimum Gasteiger partial charge on any atom is -0.395 e. The monoisotopic (exact) mass is 217 g/mol. The van der Waals surface area contributed by atoms with Gasteiger partial charge in [0.05, 0.1) is 6.61 Å². The quantitative estimate of drug-likeness (QED) is 0.840. The SMILES string of the molecule is CCc1cn(CCO)c2cc(C)c(C)cc12. The smallest absolute Gasteiger partial charge is 0.0610 e. The van der Waals surface area contributed by atoms with Crippen LogP contribution >= 0.6 is 0 Å². The number of aromatic nitrogens is 1. The van der Waals surface area contributed by atoms with Crippen molar-refractivity contribution in [1.82, 2.24) is 4.57 Å². The van der Waals surface area contributed by atoms with Gasteiger partial charge in [-0.25, -0.2) is 0 Å². The Hall–Kier alpha value is -1.28. The van der Waals surface area contributed by atoms with Crippen molar-refractivity contribution in [2.24, 2.45) is 0 Å². The maximum atomic E-state index is 9.06. The van der Waals surface area contributed by atoms with Gasteiger partial charge in [-0.05, 0) is 49.1 Å². The van der Waals surface area contributed by atoms with Crippen LogP contribution in [0.4, 0.5) is 0 Å². The Balaban J connectivity index is 2.69. The molecule has 16 heavy (non-hydrogen) atoms. The Bertz CT molecular complexity index is 511. The normalized spacial score (nSPS) is 11.2. The average molecular weight is 217 g/mol. The first-order valence-electron chi connectivity index (χ1n) is 5.87. The third kappa shape index (κ3) is 1.74. The van der Waals surface area contributed by atoms with Crippen molar-refractivity contribution in [2.45, 2.75) is 33.7 Å². The third-order valence-corrected chi connectivity index (χ3v) is 3.30. The van der Waals surface area contributed by atoms with E-state index in [1.165, 1.54) is 27.6 Å². The summed E-state index contributed by atoms with van der Waals surface area (Å²) in [6.07, 6.45) is 3.21. The second-order valence-electron chi connectivity index (χ2n) is 4.38. The molecule has 1 N–H and O–H groups in total. The molecule has 2 aromatic rings. The Morgan fingerprint density at radius 1 is 1.19 bits per heavy atom. The van der Waals surface area contributed by atoms with E-state index in [1.54, 1.807) is 0 Å². The first kappa shape index (κ1) is 11.2. The van der Waals surface area contributed by atoms with Gasteiger partial charge >= 0.3 is 0 Å². The molecule has 0 radical (unpaired) electrons. The van der Waals surface area contributed by atoms with Crippen LogP contribution in [0.5, 0.6) is 0 Å². The van der Waals surface area contributed by atoms with Crippen LogP contribution in [0.1, 0.15) is 23.6 Å². The zero-order valence-corrected chi connectivity index (χ0v) is 10.2. The molecule has 2 rings (SSSR count). The van der Waals surface area contributed by atoms with E-state index in [0.717, 1.165) is 6.42 Å². The maximum absolute atomic E-state index is 9.06. The van der Waals surface area contributed by atoms with Crippen LogP contribution < -0.4 is 0 Å². The Kier molecular flexibility index (Phi) is 3.01. The van der Waals surface area contributed by atoms with Gasteiger partial charge in [-0.1, -0.05) is 6.92 Å². The second-order valence-corrected chi connectivity index (χ2v) is 4.38. The Morgan fingerprint density at radius 3 is 2.50 bits per heavy atom. The molecule has 0 amide bonds. The summed E-state index contributed by atoms with van der Waals surface area (Å²) >= 11 is 0. The number of benzene rings is 1. The number of hydrogen-bond donors (Lipinski definition) is 1. The largest absolute Gasteiger partial charge is 0.395 e. The second kappa shape index (κ2) is 4.30. The summed E-state index contributed by atoms with van der Waals surface area (Å²) in [4.78, 5) is 0. The van der Waals surface area contributed by atoms with Gasteiger partial charge < -0.3 is 9.67 Å². The van der Waals surface area contributed by atoms with Crippen LogP contribution in [0.15, 0.2) is 18.3 Å². The van der Waals surface area contributed by atoms with Gasteiger partial charge in [-0.2, -0.15) is 0 Å². The van der Waals surface area contributed by atoms with Crippen LogP contribution in [-0.2, 0) is 13.0 Å². The van der Waals surface area contributed by atoms with E-state index in [1.807, 2.05) is 0 Å². The molecule has 0 aliphatic rings. The van der Waals surface area contributed by atoms with E-state index in [9.17, 15) is 0 Å². The highest BCUT2D eigenvalue weighted by Crippen LogP contribution is 2.25. The van der Waals surface area contributed by atoms with E-state index in [2.05, 4.69) is 43.7 Å². The molecule has 2 nitrogen and oxygen atoms in total. The van der Waals surface area contributed by atoms with Crippen molar-refractivity contribution in [2.75, 3.05) is 6.61 Å². The predicted octanol–water partition coefficient (Wildman–Crippen LogP) is 2.81. The molecule has 1 aromatic heterocycles. The van der Waals surface area contributed by atoms with Crippen LogP contribution in [0.2, 0.25) is 0 Å². The summed E-state index contributed by atoms with van der Waals surface area (Å²) in [6.45, 7) is 7.33. The summed E-state index contributed by atoms with van der Waals surface area (Å²) in [5.41, 5.74) is 5.26. The number of nitrogens with zero attached hydrogens (tertiary/aromatic N) is 1. The molecule has 0 unspecified atom stereocenters. The number of hydrogen-bond acceptors (Lipinski definition) is 1. The zero-order valence-electron chi connectivity index (χ0n) is 10.2. The van der Waals surface area contributed by atoms with Crippen LogP contribution in [0.25, 0.3) is 10.9 Å². The highest BCUT2D eigenvalue weighted by Gasteiger charge is 2.08. The van der Waals surface area contributed by atoms with Crippen molar-refractivity contribution in [3.8, 4) is 0 Å². The number of aliphatic hydroxyl groups is 1. The van der Waals surface area contributed by atoms with Crippen molar-refractivity contribution < 1.29 is 5.11 Å². The number of rotatable bonds is 3. The molecule has 0 bridgehead atoms. The summed E-state index contributed by atoms with van der Waals surface area (Å²) in [5, 5.41) is 10.4. The van der Waals surface area contributed by atoms with Crippen molar-refractivity contribution >= 4 is 10.9 Å². The minimum atomic E-state index is 0.194. The number of fused-ring (bicyclic) bond motifs is 1. The summed E-state index contributed by atoms with van der Waals surface area (Å²) in [5.74, 6) is 0. The van der Waals surface area contributed by atoms with Gasteiger partial charge in [0.15, 0.2) is 0 Å². The van der Waals surface area contributed by atoms with E-state index >= 15 is 0 Å². The molecule has 0 aliphatic heterocycles. The standard InChI is InChI=1S/C14H19NO/c1-4-12-9-15(5-6-16)14-8-11(3)10(2)7-13(12)14/h7-9,16H,4-6H2,1-3H3. The lowest BCUT2D eigenvalue weighted by atomic mass is 10.0. The van der Waals surface area contributed by atoms with Gasteiger partial charge in [0, 0.05) is 23.6 Å². The average Bonchev–Trinajstić information content (AvgIpc) is 2.58. The molecule has 0 aliphatic carbocycles. The first-order chi connectivity index (χ1) is 7.67. The van der Waals surface area contributed by atoms with E-state index in [-0.39, 0.29) is 6.61 Å². The Labute approximate surface area is 96.5 Å². The molecule has 0 saturated heterocycles. The molecule has 2 heteroatoms. The minimum absolute atomic E-state index is 0.194. The predicted molar refractivity (Wildman–Crippen MR) is 67.9 cm³/mol. The summed E-state index contributed by atoms with van der Waals surface area (Å²) in [7, 11) is 0. The van der Waals surface area contributed by atoms with Crippen LogP contribution in [0.3, 0.4) is 0 Å². The van der Waals surface area contributed by atoms with E-state index < -0.39 is 0 Å². The maximum Gasteiger partial charge on any atom is 0.0610 e. The molecule has 0 saturated carbocycles. The lowest BCUT2D eigenvalue weighted by Gasteiger charge is -2.05. The lowest BCUT2D eigenvalue weighted by molar-refractivity contribution is 0.278. The lowest BCUT2D eigenvalue weighted by Crippen LogP contribution is -2.00. The van der Waals surface area contributed by atoms with Gasteiger partial charge in [0.1, 0.15) is 0 Å². The van der Waals surface area contributed by atoms with Gasteiger partial charge in [-0.3, -0.25) is 0 Å². The number of aliphatic hydroxyl groups excluding tert-OH is 1. The van der Waals surface area contributed by atoms with Gasteiger partial charge in [0.25, 0.3) is 0 Å². The van der Waals surface area contributed by atoms with Gasteiger partial charge in [-0.15, -0.1) is 0 Å². The fraction of sp³-hybridized carbons (Fsp3) is 0.429. The molecular formula is C14H19NO. The molecule has 86 valence electrons. The van der Waals surface area contributed by atoms with Crippen molar-refractivity contribution in [3.05, 3.63) is 35.0 Å². The summed E-state index contributed by atoms with van der Waals surface area (Å²) in [6, 6.07) is 4.48. The third-order valence-electron chi connectivity index (χ3n) is 3.30. The van der Waals surface area contributed by atoms with Crippen molar-refractivity contribution in [1.29, 1.82) is 0 Å². The fourth-order valence-corrected chi connectivity index (χ4v) is 2.20. The molecule has 0 fully saturated rings. The van der Waals surface area contributed by atoms with Gasteiger partial charge in [0.2, 0.25) is 0 Å². The topological polar surface area (TPSA) is 25.2 Å². The fourth-order valence-electron chi connectivity index (χ4n) is 2.20. The first-order valence-corrected chi connectivity index (χ1v) is 5.87. The van der Waals surface area contributed by atoms with E-state index in [0.29, 0.717) is 6.54 Å². The molecular weight excluding hydrogens is 198 g/mol. The van der Waals surface area contributed by atoms with E-state index in [4.69, 9.17) is 5.11 Å².